The predicted octanol–water partition coefficient (Wildman–Crippen LogP) is 5.00. The zero-order valence-electron chi connectivity index (χ0n) is 16.4. The number of benzene rings is 2. The normalized spacial score (nSPS) is 18.4. The van der Waals surface area contributed by atoms with Crippen LogP contribution in [0.1, 0.15) is 29.5 Å². The smallest absolute Gasteiger partial charge is 0.123 e. The van der Waals surface area contributed by atoms with E-state index in [2.05, 4.69) is 42.2 Å². The molecule has 0 fully saturated rings. The Labute approximate surface area is 165 Å². The highest BCUT2D eigenvalue weighted by atomic mass is 19.1. The first kappa shape index (κ1) is 18.8. The maximum Gasteiger partial charge on any atom is 0.123 e. The number of fused-ring (bicyclic) bond motifs is 1. The second kappa shape index (κ2) is 7.82. The van der Waals surface area contributed by atoms with E-state index in [1.165, 1.54) is 23.3 Å². The fourth-order valence-corrected chi connectivity index (χ4v) is 4.06. The Morgan fingerprint density at radius 3 is 2.46 bits per heavy atom. The topological polar surface area (TPSA) is 25.4 Å². The first-order chi connectivity index (χ1) is 13.6. The summed E-state index contributed by atoms with van der Waals surface area (Å²) in [5, 5.41) is 0. The molecule has 0 N–H and O–H groups in total. The molecule has 144 valence electrons. The second-order valence-corrected chi connectivity index (χ2v) is 7.64. The molecule has 0 saturated carbocycles. The van der Waals surface area contributed by atoms with Gasteiger partial charge in [-0.25, -0.2) is 4.39 Å². The molecule has 0 bridgehead atoms. The summed E-state index contributed by atoms with van der Waals surface area (Å²) in [6, 6.07) is 17.3. The first-order valence-corrected chi connectivity index (χ1v) is 9.67. The Bertz CT molecular complexity index is 941. The lowest BCUT2D eigenvalue weighted by Gasteiger charge is -2.31. The largest absolute Gasteiger partial charge is 0.361 e. The number of hydrogen-bond acceptors (Lipinski definition) is 3. The third-order valence-electron chi connectivity index (χ3n) is 5.47. The number of ether oxygens (including phenoxy) is 1. The molecule has 4 heteroatoms. The van der Waals surface area contributed by atoms with Gasteiger partial charge in [0.25, 0.3) is 0 Å². The number of hydrogen-bond donors (Lipinski definition) is 0. The molecule has 0 spiro atoms. The highest BCUT2D eigenvalue weighted by Gasteiger charge is 2.41. The summed E-state index contributed by atoms with van der Waals surface area (Å²) in [7, 11) is 4.16. The molecule has 2 heterocycles. The minimum atomic E-state index is -0.518. The van der Waals surface area contributed by atoms with Crippen molar-refractivity contribution in [2.75, 3.05) is 20.6 Å². The van der Waals surface area contributed by atoms with Crippen LogP contribution in [0, 0.1) is 5.82 Å². The van der Waals surface area contributed by atoms with Gasteiger partial charge in [-0.05, 0) is 91.6 Å². The van der Waals surface area contributed by atoms with Crippen LogP contribution < -0.4 is 0 Å². The van der Waals surface area contributed by atoms with E-state index in [4.69, 9.17) is 4.74 Å². The molecule has 1 atom stereocenters. The van der Waals surface area contributed by atoms with Crippen molar-refractivity contribution in [3.05, 3.63) is 89.5 Å². The van der Waals surface area contributed by atoms with Gasteiger partial charge < -0.3 is 9.64 Å². The Morgan fingerprint density at radius 1 is 1.00 bits per heavy atom. The quantitative estimate of drug-likeness (QED) is 0.605. The van der Waals surface area contributed by atoms with Gasteiger partial charge in [0.2, 0.25) is 0 Å². The van der Waals surface area contributed by atoms with E-state index in [9.17, 15) is 4.39 Å². The van der Waals surface area contributed by atoms with Gasteiger partial charge in [0.1, 0.15) is 11.4 Å². The van der Waals surface area contributed by atoms with Crippen LogP contribution in [0.2, 0.25) is 0 Å². The molecule has 0 aliphatic carbocycles. The Hall–Kier alpha value is -2.56. The van der Waals surface area contributed by atoms with E-state index >= 15 is 0 Å². The minimum absolute atomic E-state index is 0.224. The van der Waals surface area contributed by atoms with E-state index in [0.29, 0.717) is 6.61 Å². The standard InChI is InChI=1S/C24H25FN2O/c1-27(2)15-3-12-24(21-5-7-22(25)8-6-21)23-9-4-19(16-20(23)17-28-24)18-10-13-26-14-11-18/h4-11,13-14,16H,3,12,15,17H2,1-2H3. The number of halogens is 1. The van der Waals surface area contributed by atoms with Crippen molar-refractivity contribution < 1.29 is 9.13 Å². The van der Waals surface area contributed by atoms with Gasteiger partial charge in [0.15, 0.2) is 0 Å². The molecule has 0 amide bonds. The van der Waals surface area contributed by atoms with Gasteiger partial charge in [-0.15, -0.1) is 0 Å². The number of aromatic nitrogens is 1. The highest BCUT2D eigenvalue weighted by Crippen LogP contribution is 2.46. The second-order valence-electron chi connectivity index (χ2n) is 7.64. The van der Waals surface area contributed by atoms with Crippen LogP contribution in [0.5, 0.6) is 0 Å². The molecule has 1 unspecified atom stereocenters. The summed E-state index contributed by atoms with van der Waals surface area (Å²) in [5.41, 5.74) is 5.19. The van der Waals surface area contributed by atoms with Crippen molar-refractivity contribution in [2.24, 2.45) is 0 Å². The van der Waals surface area contributed by atoms with Gasteiger partial charge in [-0.1, -0.05) is 24.3 Å². The van der Waals surface area contributed by atoms with E-state index in [0.717, 1.165) is 36.1 Å². The number of nitrogens with zero attached hydrogens (tertiary/aromatic N) is 2. The summed E-state index contributed by atoms with van der Waals surface area (Å²) in [4.78, 5) is 6.28. The third kappa shape index (κ3) is 3.58. The SMILES string of the molecule is CN(C)CCCC1(c2ccc(F)cc2)OCc2cc(-c3ccncc3)ccc21. The van der Waals surface area contributed by atoms with E-state index < -0.39 is 5.60 Å². The Balaban J connectivity index is 1.73. The lowest BCUT2D eigenvalue weighted by molar-refractivity contribution is -0.0140. The molecule has 1 aliphatic heterocycles. The van der Waals surface area contributed by atoms with Gasteiger partial charge in [0.05, 0.1) is 6.61 Å². The minimum Gasteiger partial charge on any atom is -0.361 e. The van der Waals surface area contributed by atoms with Crippen molar-refractivity contribution in [2.45, 2.75) is 25.0 Å². The summed E-state index contributed by atoms with van der Waals surface area (Å²) < 4.78 is 20.0. The van der Waals surface area contributed by atoms with E-state index in [1.54, 1.807) is 0 Å². The maximum absolute atomic E-state index is 13.5. The molecule has 0 radical (unpaired) electrons. The zero-order chi connectivity index (χ0) is 19.6. The van der Waals surface area contributed by atoms with Crippen molar-refractivity contribution in [1.82, 2.24) is 9.88 Å². The predicted molar refractivity (Wildman–Crippen MR) is 109 cm³/mol. The van der Waals surface area contributed by atoms with E-state index in [-0.39, 0.29) is 5.82 Å². The van der Waals surface area contributed by atoms with Gasteiger partial charge in [0, 0.05) is 12.4 Å². The fraction of sp³-hybridized carbons (Fsp3) is 0.292. The molecule has 3 aromatic rings. The fourth-order valence-electron chi connectivity index (χ4n) is 4.06. The average Bonchev–Trinajstić information content (AvgIpc) is 3.08. The Morgan fingerprint density at radius 2 is 1.75 bits per heavy atom. The lowest BCUT2D eigenvalue weighted by Crippen LogP contribution is -2.28. The lowest BCUT2D eigenvalue weighted by atomic mass is 9.81. The molecular weight excluding hydrogens is 351 g/mol. The van der Waals surface area contributed by atoms with Crippen molar-refractivity contribution in [1.29, 1.82) is 0 Å². The summed E-state index contributed by atoms with van der Waals surface area (Å²) in [6.45, 7) is 1.55. The summed E-state index contributed by atoms with van der Waals surface area (Å²) in [5.74, 6) is -0.224. The van der Waals surface area contributed by atoms with Crippen LogP contribution in [0.4, 0.5) is 4.39 Å². The van der Waals surface area contributed by atoms with Crippen LogP contribution in [0.25, 0.3) is 11.1 Å². The molecule has 3 nitrogen and oxygen atoms in total. The highest BCUT2D eigenvalue weighted by molar-refractivity contribution is 5.65. The summed E-state index contributed by atoms with van der Waals surface area (Å²) in [6.07, 6.45) is 5.47. The van der Waals surface area contributed by atoms with Gasteiger partial charge in [-0.2, -0.15) is 0 Å². The average molecular weight is 376 g/mol. The summed E-state index contributed by atoms with van der Waals surface area (Å²) >= 11 is 0. The monoisotopic (exact) mass is 376 g/mol. The van der Waals surface area contributed by atoms with Crippen LogP contribution in [0.3, 0.4) is 0 Å². The van der Waals surface area contributed by atoms with Crippen LogP contribution in [-0.2, 0) is 16.9 Å². The van der Waals surface area contributed by atoms with Crippen LogP contribution in [-0.4, -0.2) is 30.5 Å². The van der Waals surface area contributed by atoms with Gasteiger partial charge >= 0.3 is 0 Å². The molecule has 1 aromatic heterocycles. The molecular formula is C24H25FN2O. The maximum atomic E-state index is 13.5. The Kier molecular flexibility index (Phi) is 5.25. The van der Waals surface area contributed by atoms with Crippen molar-refractivity contribution in [3.8, 4) is 11.1 Å². The third-order valence-corrected chi connectivity index (χ3v) is 5.47. The van der Waals surface area contributed by atoms with Crippen molar-refractivity contribution >= 4 is 0 Å². The first-order valence-electron chi connectivity index (χ1n) is 9.67. The van der Waals surface area contributed by atoms with Crippen LogP contribution >= 0.6 is 0 Å². The van der Waals surface area contributed by atoms with Crippen LogP contribution in [0.15, 0.2) is 67.0 Å². The van der Waals surface area contributed by atoms with Crippen molar-refractivity contribution in [3.63, 3.8) is 0 Å². The molecule has 2 aromatic carbocycles. The number of rotatable bonds is 6. The van der Waals surface area contributed by atoms with E-state index in [1.807, 2.05) is 36.7 Å². The molecule has 1 aliphatic rings. The zero-order valence-corrected chi connectivity index (χ0v) is 16.4. The van der Waals surface area contributed by atoms with Gasteiger partial charge in [-0.3, -0.25) is 4.98 Å². The molecule has 4 rings (SSSR count). The molecule has 0 saturated heterocycles. The number of pyridine rings is 1. The molecule has 28 heavy (non-hydrogen) atoms.